The van der Waals surface area contributed by atoms with Crippen LogP contribution in [0.25, 0.3) is 0 Å². The summed E-state index contributed by atoms with van der Waals surface area (Å²) in [5, 5.41) is 10.2. The lowest BCUT2D eigenvalue weighted by molar-refractivity contribution is -0.140. The van der Waals surface area contributed by atoms with Crippen molar-refractivity contribution in [2.45, 2.75) is 13.8 Å². The summed E-state index contributed by atoms with van der Waals surface area (Å²) >= 11 is 0. The average molecular weight is 184 g/mol. The maximum absolute atomic E-state index is 10.4. The molecule has 0 saturated carbocycles. The highest BCUT2D eigenvalue weighted by Crippen LogP contribution is 2.05. The lowest BCUT2D eigenvalue weighted by atomic mass is 10.3. The molecule has 0 aliphatic rings. The van der Waals surface area contributed by atoms with Gasteiger partial charge in [-0.3, -0.25) is 0 Å². The zero-order valence-corrected chi connectivity index (χ0v) is 7.14. The highest BCUT2D eigenvalue weighted by Gasteiger charge is 2.10. The lowest BCUT2D eigenvalue weighted by Crippen LogP contribution is -2.03. The number of carbonyl (C=O) groups excluding carboxylic acids is 1. The second-order valence-corrected chi connectivity index (χ2v) is 2.26. The Morgan fingerprint density at radius 3 is 2.69 bits per heavy atom. The standard InChI is InChI=1S/C6H8N4O3/c1-3(8-12-4(2)11)5-6(7)10-13-9-5/h1-2H3,(H2,7,10)/b8-3-. The van der Waals surface area contributed by atoms with Crippen molar-refractivity contribution in [1.29, 1.82) is 0 Å². The smallest absolute Gasteiger partial charge is 0.331 e. The third-order valence-electron chi connectivity index (χ3n) is 1.17. The summed E-state index contributed by atoms with van der Waals surface area (Å²) in [6.07, 6.45) is 0. The van der Waals surface area contributed by atoms with E-state index in [9.17, 15) is 4.79 Å². The molecule has 0 atom stereocenters. The van der Waals surface area contributed by atoms with Gasteiger partial charge in [0.25, 0.3) is 0 Å². The van der Waals surface area contributed by atoms with Gasteiger partial charge >= 0.3 is 5.97 Å². The minimum atomic E-state index is -0.519. The van der Waals surface area contributed by atoms with E-state index in [2.05, 4.69) is 24.9 Å². The minimum absolute atomic E-state index is 0.105. The number of hydrogen-bond acceptors (Lipinski definition) is 7. The van der Waals surface area contributed by atoms with Crippen LogP contribution < -0.4 is 5.73 Å². The highest BCUT2D eigenvalue weighted by atomic mass is 16.7. The number of rotatable bonds is 2. The number of nitrogens with zero attached hydrogens (tertiary/aromatic N) is 3. The fraction of sp³-hybridized carbons (Fsp3) is 0.333. The summed E-state index contributed by atoms with van der Waals surface area (Å²) in [7, 11) is 0. The van der Waals surface area contributed by atoms with Gasteiger partial charge in [-0.15, -0.1) is 0 Å². The number of aromatic nitrogens is 2. The van der Waals surface area contributed by atoms with Crippen molar-refractivity contribution in [2.24, 2.45) is 5.16 Å². The van der Waals surface area contributed by atoms with Gasteiger partial charge in [-0.05, 0) is 17.2 Å². The molecule has 0 unspecified atom stereocenters. The Hall–Kier alpha value is -1.92. The van der Waals surface area contributed by atoms with E-state index in [1.54, 1.807) is 6.92 Å². The summed E-state index contributed by atoms with van der Waals surface area (Å²) in [5.41, 5.74) is 5.95. The van der Waals surface area contributed by atoms with E-state index in [-0.39, 0.29) is 11.5 Å². The Morgan fingerprint density at radius 2 is 2.23 bits per heavy atom. The normalized spacial score (nSPS) is 11.4. The van der Waals surface area contributed by atoms with Crippen molar-refractivity contribution in [1.82, 2.24) is 10.3 Å². The summed E-state index contributed by atoms with van der Waals surface area (Å²) < 4.78 is 4.33. The number of anilines is 1. The van der Waals surface area contributed by atoms with Crippen molar-refractivity contribution >= 4 is 17.5 Å². The second-order valence-electron chi connectivity index (χ2n) is 2.26. The van der Waals surface area contributed by atoms with Crippen LogP contribution in [0.4, 0.5) is 5.82 Å². The molecule has 1 aromatic heterocycles. The Bertz CT molecular complexity index is 343. The van der Waals surface area contributed by atoms with Crippen LogP contribution >= 0.6 is 0 Å². The fourth-order valence-corrected chi connectivity index (χ4v) is 0.623. The quantitative estimate of drug-likeness (QED) is 0.392. The predicted octanol–water partition coefficient (Wildman–Crippen LogP) is -0.0611. The Balaban J connectivity index is 2.78. The maximum atomic E-state index is 10.4. The summed E-state index contributed by atoms with van der Waals surface area (Å²) in [4.78, 5) is 14.7. The number of nitrogens with two attached hydrogens (primary N) is 1. The topological polar surface area (TPSA) is 104 Å². The van der Waals surface area contributed by atoms with E-state index in [1.165, 1.54) is 6.92 Å². The monoisotopic (exact) mass is 184 g/mol. The maximum Gasteiger partial charge on any atom is 0.331 e. The van der Waals surface area contributed by atoms with Crippen LogP contribution in [0.5, 0.6) is 0 Å². The molecule has 0 radical (unpaired) electrons. The summed E-state index contributed by atoms with van der Waals surface area (Å²) in [6.45, 7) is 2.81. The molecule has 1 aromatic rings. The molecule has 70 valence electrons. The van der Waals surface area contributed by atoms with Crippen molar-refractivity contribution in [2.75, 3.05) is 5.73 Å². The summed E-state index contributed by atoms with van der Waals surface area (Å²) in [6, 6.07) is 0. The van der Waals surface area contributed by atoms with E-state index in [4.69, 9.17) is 5.73 Å². The van der Waals surface area contributed by atoms with Crippen molar-refractivity contribution in [3.8, 4) is 0 Å². The van der Waals surface area contributed by atoms with Gasteiger partial charge < -0.3 is 10.6 Å². The SMILES string of the molecule is CC(=O)O/N=C(/C)c1nonc1N. The van der Waals surface area contributed by atoms with Crippen LogP contribution in [0.15, 0.2) is 9.78 Å². The van der Waals surface area contributed by atoms with Crippen LogP contribution in [-0.4, -0.2) is 22.0 Å². The third kappa shape index (κ3) is 2.26. The van der Waals surface area contributed by atoms with Crippen LogP contribution in [0.2, 0.25) is 0 Å². The van der Waals surface area contributed by atoms with E-state index in [0.717, 1.165) is 0 Å². The number of nitrogen functional groups attached to an aromatic ring is 1. The van der Waals surface area contributed by atoms with Crippen LogP contribution in [0.3, 0.4) is 0 Å². The molecule has 0 spiro atoms. The van der Waals surface area contributed by atoms with Crippen LogP contribution in [-0.2, 0) is 9.63 Å². The number of hydrogen-bond donors (Lipinski definition) is 1. The van der Waals surface area contributed by atoms with E-state index in [0.29, 0.717) is 5.71 Å². The Kier molecular flexibility index (Phi) is 2.58. The molecule has 7 heteroatoms. The first kappa shape index (κ1) is 9.17. The first-order valence-electron chi connectivity index (χ1n) is 3.42. The molecule has 0 amide bonds. The molecule has 1 rings (SSSR count). The van der Waals surface area contributed by atoms with Crippen LogP contribution in [0, 0.1) is 0 Å². The zero-order valence-electron chi connectivity index (χ0n) is 7.14. The molecule has 0 aromatic carbocycles. The molecular weight excluding hydrogens is 176 g/mol. The summed E-state index contributed by atoms with van der Waals surface area (Å²) in [5.74, 6) is -0.414. The van der Waals surface area contributed by atoms with Gasteiger partial charge in [-0.2, -0.15) is 0 Å². The van der Waals surface area contributed by atoms with Gasteiger partial charge in [0.15, 0.2) is 11.5 Å². The van der Waals surface area contributed by atoms with E-state index >= 15 is 0 Å². The zero-order chi connectivity index (χ0) is 9.84. The number of oxime groups is 1. The first-order valence-corrected chi connectivity index (χ1v) is 3.42. The largest absolute Gasteiger partial charge is 0.379 e. The van der Waals surface area contributed by atoms with Crippen molar-refractivity contribution in [3.05, 3.63) is 5.69 Å². The molecule has 0 aliphatic carbocycles. The lowest BCUT2D eigenvalue weighted by Gasteiger charge is -1.93. The molecule has 0 aliphatic heterocycles. The molecule has 7 nitrogen and oxygen atoms in total. The van der Waals surface area contributed by atoms with E-state index < -0.39 is 5.97 Å². The van der Waals surface area contributed by atoms with Gasteiger partial charge in [-0.25, -0.2) is 9.42 Å². The van der Waals surface area contributed by atoms with Gasteiger partial charge in [0.05, 0.1) is 0 Å². The van der Waals surface area contributed by atoms with Gasteiger partial charge in [0.1, 0.15) is 5.71 Å². The van der Waals surface area contributed by atoms with Crippen molar-refractivity contribution in [3.63, 3.8) is 0 Å². The number of carbonyl (C=O) groups is 1. The van der Waals surface area contributed by atoms with E-state index in [1.807, 2.05) is 0 Å². The first-order chi connectivity index (χ1) is 6.11. The molecule has 13 heavy (non-hydrogen) atoms. The van der Waals surface area contributed by atoms with Crippen LogP contribution in [0.1, 0.15) is 19.5 Å². The average Bonchev–Trinajstić information content (AvgIpc) is 2.47. The Morgan fingerprint density at radius 1 is 1.54 bits per heavy atom. The van der Waals surface area contributed by atoms with Crippen molar-refractivity contribution < 1.29 is 14.3 Å². The Labute approximate surface area is 73.5 Å². The van der Waals surface area contributed by atoms with Gasteiger partial charge in [0, 0.05) is 6.92 Å². The molecule has 0 saturated heterocycles. The molecule has 0 fully saturated rings. The molecule has 1 heterocycles. The minimum Gasteiger partial charge on any atom is -0.379 e. The fourth-order valence-electron chi connectivity index (χ4n) is 0.623. The predicted molar refractivity (Wildman–Crippen MR) is 42.7 cm³/mol. The molecule has 0 bridgehead atoms. The van der Waals surface area contributed by atoms with Gasteiger partial charge in [0.2, 0.25) is 0 Å². The molecule has 2 N–H and O–H groups in total. The molecular formula is C6H8N4O3. The third-order valence-corrected chi connectivity index (χ3v) is 1.17. The second kappa shape index (κ2) is 3.65. The van der Waals surface area contributed by atoms with Gasteiger partial charge in [-0.1, -0.05) is 5.16 Å². The highest BCUT2D eigenvalue weighted by molar-refractivity contribution is 6.00.